The second-order valence-electron chi connectivity index (χ2n) is 5.15. The number of rotatable bonds is 6. The summed E-state index contributed by atoms with van der Waals surface area (Å²) >= 11 is 0. The minimum absolute atomic E-state index is 0.0785. The van der Waals surface area contributed by atoms with Crippen LogP contribution in [-0.2, 0) is 14.3 Å². The number of alkyl halides is 3. The van der Waals surface area contributed by atoms with E-state index >= 15 is 0 Å². The molecule has 9 heteroatoms. The predicted octanol–water partition coefficient (Wildman–Crippen LogP) is 1.73. The van der Waals surface area contributed by atoms with Crippen LogP contribution in [-0.4, -0.2) is 28.8 Å². The van der Waals surface area contributed by atoms with Crippen molar-refractivity contribution in [2.24, 2.45) is 11.5 Å². The number of aliphatic carboxylic acids is 1. The molecule has 0 saturated heterocycles. The Morgan fingerprint density at radius 3 is 2.22 bits per heavy atom. The molecule has 6 nitrogen and oxygen atoms in total. The monoisotopic (exact) mass is 334 g/mol. The summed E-state index contributed by atoms with van der Waals surface area (Å²) in [7, 11) is 0. The van der Waals surface area contributed by atoms with Crippen LogP contribution in [0.3, 0.4) is 0 Å². The number of carbonyl (C=O) groups is 2. The first-order valence-electron chi connectivity index (χ1n) is 6.61. The molecule has 0 aromatic carbocycles. The van der Waals surface area contributed by atoms with E-state index in [0.29, 0.717) is 25.3 Å². The summed E-state index contributed by atoms with van der Waals surface area (Å²) in [5.41, 5.74) is 7.59. The molecule has 0 atom stereocenters. The summed E-state index contributed by atoms with van der Waals surface area (Å²) in [4.78, 5) is 22.3. The van der Waals surface area contributed by atoms with Gasteiger partial charge in [-0.3, -0.25) is 4.79 Å². The highest BCUT2D eigenvalue weighted by Gasteiger charge is 2.43. The number of esters is 1. The second kappa shape index (κ2) is 6.76. The molecule has 1 saturated carbocycles. The third-order valence-electron chi connectivity index (χ3n) is 3.43. The smallest absolute Gasteiger partial charge is 0.430 e. The van der Waals surface area contributed by atoms with Gasteiger partial charge in [-0.15, -0.1) is 0 Å². The zero-order valence-corrected chi connectivity index (χ0v) is 12.2. The van der Waals surface area contributed by atoms with Gasteiger partial charge in [0, 0.05) is 5.57 Å². The normalized spacial score (nSPS) is 18.0. The largest absolute Gasteiger partial charge is 0.478 e. The SMILES string of the molecule is C=C(CC(=O)OC1(/C(N)=C/C=C(\N)C(F)(F)F)CCC1)C(=O)O. The maximum Gasteiger partial charge on any atom is 0.430 e. The fraction of sp³-hybridized carbons (Fsp3) is 0.429. The molecular formula is C14H17F3N2O4. The van der Waals surface area contributed by atoms with E-state index < -0.39 is 35.8 Å². The molecule has 5 N–H and O–H groups in total. The van der Waals surface area contributed by atoms with Gasteiger partial charge in [0.15, 0.2) is 5.60 Å². The molecule has 0 radical (unpaired) electrons. The van der Waals surface area contributed by atoms with E-state index in [4.69, 9.17) is 21.3 Å². The number of hydrogen-bond acceptors (Lipinski definition) is 5. The number of halogens is 3. The Hall–Kier alpha value is -2.45. The zero-order valence-electron chi connectivity index (χ0n) is 12.2. The minimum Gasteiger partial charge on any atom is -0.478 e. The van der Waals surface area contributed by atoms with Crippen LogP contribution < -0.4 is 11.5 Å². The number of hydrogen-bond donors (Lipinski definition) is 3. The lowest BCUT2D eigenvalue weighted by Gasteiger charge is -2.41. The van der Waals surface area contributed by atoms with Gasteiger partial charge in [-0.05, 0) is 31.4 Å². The van der Waals surface area contributed by atoms with Crippen molar-refractivity contribution >= 4 is 11.9 Å². The van der Waals surface area contributed by atoms with E-state index in [1.807, 2.05) is 0 Å². The Morgan fingerprint density at radius 1 is 1.26 bits per heavy atom. The van der Waals surface area contributed by atoms with E-state index in [-0.39, 0.29) is 11.3 Å². The highest BCUT2D eigenvalue weighted by atomic mass is 19.4. The number of ether oxygens (including phenoxy) is 1. The van der Waals surface area contributed by atoms with Gasteiger partial charge in [-0.2, -0.15) is 13.2 Å². The molecule has 0 aliphatic heterocycles. The standard InChI is InChI=1S/C14H17F3N2O4/c1-8(12(21)22)7-11(20)23-13(5-2-6-13)9(18)3-4-10(19)14(15,16)17/h3-4H,1-2,5-7,18-19H2,(H,21,22)/b9-3-,10-4-. The van der Waals surface area contributed by atoms with Crippen LogP contribution in [0.15, 0.2) is 35.7 Å². The van der Waals surface area contributed by atoms with Gasteiger partial charge in [-0.25, -0.2) is 4.79 Å². The molecule has 0 aromatic rings. The number of allylic oxidation sites excluding steroid dienone is 3. The average Bonchev–Trinajstić information content (AvgIpc) is 2.38. The zero-order chi connectivity index (χ0) is 17.8. The Balaban J connectivity index is 2.83. The first-order valence-corrected chi connectivity index (χ1v) is 6.61. The Bertz CT molecular complexity index is 575. The maximum absolute atomic E-state index is 12.3. The summed E-state index contributed by atoms with van der Waals surface area (Å²) in [6, 6.07) is 0. The van der Waals surface area contributed by atoms with Crippen LogP contribution in [0.2, 0.25) is 0 Å². The van der Waals surface area contributed by atoms with Crippen LogP contribution in [0.25, 0.3) is 0 Å². The van der Waals surface area contributed by atoms with E-state index in [0.717, 1.165) is 6.08 Å². The van der Waals surface area contributed by atoms with Crippen LogP contribution in [0, 0.1) is 0 Å². The van der Waals surface area contributed by atoms with Gasteiger partial charge in [-0.1, -0.05) is 6.58 Å². The van der Waals surface area contributed by atoms with Gasteiger partial charge < -0.3 is 21.3 Å². The van der Waals surface area contributed by atoms with Crippen LogP contribution >= 0.6 is 0 Å². The van der Waals surface area contributed by atoms with E-state index in [1.54, 1.807) is 0 Å². The molecule has 0 heterocycles. The third kappa shape index (κ3) is 4.76. The highest BCUT2D eigenvalue weighted by Crippen LogP contribution is 2.40. The summed E-state index contributed by atoms with van der Waals surface area (Å²) < 4.78 is 42.1. The maximum atomic E-state index is 12.3. The Morgan fingerprint density at radius 2 is 1.83 bits per heavy atom. The molecule has 0 aromatic heterocycles. The van der Waals surface area contributed by atoms with Gasteiger partial charge >= 0.3 is 18.1 Å². The molecule has 0 amide bonds. The molecular weight excluding hydrogens is 317 g/mol. The second-order valence-corrected chi connectivity index (χ2v) is 5.15. The van der Waals surface area contributed by atoms with Crippen molar-refractivity contribution < 1.29 is 32.6 Å². The van der Waals surface area contributed by atoms with Crippen LogP contribution in [0.1, 0.15) is 25.7 Å². The summed E-state index contributed by atoms with van der Waals surface area (Å²) in [5.74, 6) is -2.20. The van der Waals surface area contributed by atoms with Gasteiger partial charge in [0.2, 0.25) is 0 Å². The van der Waals surface area contributed by atoms with Gasteiger partial charge in [0.05, 0.1) is 12.1 Å². The molecule has 0 bridgehead atoms. The summed E-state index contributed by atoms with van der Waals surface area (Å²) in [5, 5.41) is 8.66. The van der Waals surface area contributed by atoms with Gasteiger partial charge in [0.1, 0.15) is 5.70 Å². The fourth-order valence-corrected chi connectivity index (χ4v) is 1.88. The number of carbonyl (C=O) groups excluding carboxylic acids is 1. The van der Waals surface area contributed by atoms with E-state index in [2.05, 4.69) is 6.58 Å². The van der Waals surface area contributed by atoms with Crippen molar-refractivity contribution in [1.82, 2.24) is 0 Å². The third-order valence-corrected chi connectivity index (χ3v) is 3.43. The fourth-order valence-electron chi connectivity index (χ4n) is 1.88. The van der Waals surface area contributed by atoms with Crippen LogP contribution in [0.5, 0.6) is 0 Å². The predicted molar refractivity (Wildman–Crippen MR) is 74.7 cm³/mol. The topological polar surface area (TPSA) is 116 Å². The lowest BCUT2D eigenvalue weighted by molar-refractivity contribution is -0.163. The molecule has 128 valence electrons. The van der Waals surface area contributed by atoms with Crippen molar-refractivity contribution in [2.45, 2.75) is 37.5 Å². The van der Waals surface area contributed by atoms with Crippen molar-refractivity contribution in [2.75, 3.05) is 0 Å². The van der Waals surface area contributed by atoms with Crippen molar-refractivity contribution in [3.05, 3.63) is 35.7 Å². The molecule has 1 aliphatic rings. The minimum atomic E-state index is -4.68. The molecule has 1 rings (SSSR count). The van der Waals surface area contributed by atoms with Crippen molar-refractivity contribution in [3.8, 4) is 0 Å². The lowest BCUT2D eigenvalue weighted by Crippen LogP contribution is -2.46. The molecule has 1 aliphatic carbocycles. The Labute approximate surface area is 130 Å². The quantitative estimate of drug-likeness (QED) is 0.387. The Kier molecular flexibility index (Phi) is 5.46. The van der Waals surface area contributed by atoms with E-state index in [9.17, 15) is 22.8 Å². The van der Waals surface area contributed by atoms with E-state index in [1.165, 1.54) is 0 Å². The highest BCUT2D eigenvalue weighted by molar-refractivity contribution is 5.92. The molecule has 23 heavy (non-hydrogen) atoms. The summed E-state index contributed by atoms with van der Waals surface area (Å²) in [6.45, 7) is 3.20. The molecule has 0 spiro atoms. The lowest BCUT2D eigenvalue weighted by atomic mass is 9.77. The van der Waals surface area contributed by atoms with Gasteiger partial charge in [0.25, 0.3) is 0 Å². The number of carboxylic acid groups (broad SMARTS) is 1. The van der Waals surface area contributed by atoms with Crippen molar-refractivity contribution in [1.29, 1.82) is 0 Å². The number of carboxylic acids is 1. The molecule has 0 unspecified atom stereocenters. The first kappa shape index (κ1) is 18.6. The average molecular weight is 334 g/mol. The number of nitrogens with two attached hydrogens (primary N) is 2. The first-order chi connectivity index (χ1) is 10.5. The van der Waals surface area contributed by atoms with Crippen LogP contribution in [0.4, 0.5) is 13.2 Å². The van der Waals surface area contributed by atoms with Crippen molar-refractivity contribution in [3.63, 3.8) is 0 Å². The summed E-state index contributed by atoms with van der Waals surface area (Å²) in [6.07, 6.45) is -2.34. The molecule has 1 fully saturated rings.